The molecule has 0 radical (unpaired) electrons. The molecule has 1 aromatic carbocycles. The number of benzene rings is 1. The fourth-order valence-corrected chi connectivity index (χ4v) is 1.75. The van der Waals surface area contributed by atoms with Crippen LogP contribution >= 0.6 is 0 Å². The minimum Gasteiger partial charge on any atom is -0.296 e. The maximum atomic E-state index is 12.2. The Morgan fingerprint density at radius 3 is 2.35 bits per heavy atom. The summed E-state index contributed by atoms with van der Waals surface area (Å²) in [7, 11) is 1.73. The lowest BCUT2D eigenvalue weighted by molar-refractivity contribution is 0.637. The average Bonchev–Trinajstić information content (AvgIpc) is 2.33. The van der Waals surface area contributed by atoms with Crippen LogP contribution < -0.4 is 5.56 Å². The summed E-state index contributed by atoms with van der Waals surface area (Å²) in [5.41, 5.74) is 1.10. The third kappa shape index (κ3) is 2.11. The second kappa shape index (κ2) is 4.49. The van der Waals surface area contributed by atoms with Gasteiger partial charge in [0.2, 0.25) is 0 Å². The van der Waals surface area contributed by atoms with Crippen LogP contribution in [0.4, 0.5) is 0 Å². The van der Waals surface area contributed by atoms with Crippen molar-refractivity contribution in [3.05, 3.63) is 46.5 Å². The first kappa shape index (κ1) is 11.5. The third-order valence-corrected chi connectivity index (χ3v) is 2.67. The zero-order valence-corrected chi connectivity index (χ0v) is 10.2. The van der Waals surface area contributed by atoms with Crippen molar-refractivity contribution in [2.24, 2.45) is 7.05 Å². The largest absolute Gasteiger partial charge is 0.296 e. The molecule has 0 spiro atoms. The number of hydrogen-bond donors (Lipinski definition) is 0. The van der Waals surface area contributed by atoms with Crippen LogP contribution in [-0.4, -0.2) is 14.8 Å². The Morgan fingerprint density at radius 2 is 1.76 bits per heavy atom. The molecule has 0 amide bonds. The molecule has 17 heavy (non-hydrogen) atoms. The van der Waals surface area contributed by atoms with E-state index < -0.39 is 0 Å². The van der Waals surface area contributed by atoms with Crippen molar-refractivity contribution in [1.82, 2.24) is 14.8 Å². The highest BCUT2D eigenvalue weighted by Gasteiger charge is 2.12. The standard InChI is InChI=1S/C13H15N3O/c1-9(2)12-15-14-11(13(17)16(12)3)10-7-5-4-6-8-10/h4-9H,1-3H3. The Balaban J connectivity index is 2.60. The zero-order chi connectivity index (χ0) is 12.4. The first-order valence-electron chi connectivity index (χ1n) is 5.60. The summed E-state index contributed by atoms with van der Waals surface area (Å²) >= 11 is 0. The van der Waals surface area contributed by atoms with Crippen LogP contribution in [0.1, 0.15) is 25.6 Å². The van der Waals surface area contributed by atoms with E-state index in [0.29, 0.717) is 11.5 Å². The maximum Gasteiger partial charge on any atom is 0.280 e. The van der Waals surface area contributed by atoms with E-state index in [0.717, 1.165) is 5.56 Å². The summed E-state index contributed by atoms with van der Waals surface area (Å²) in [5.74, 6) is 0.889. The molecule has 1 aromatic heterocycles. The number of rotatable bonds is 2. The minimum atomic E-state index is -0.102. The highest BCUT2D eigenvalue weighted by atomic mass is 16.1. The van der Waals surface area contributed by atoms with E-state index in [1.165, 1.54) is 0 Å². The average molecular weight is 229 g/mol. The zero-order valence-electron chi connectivity index (χ0n) is 10.2. The molecule has 0 fully saturated rings. The van der Waals surface area contributed by atoms with Gasteiger partial charge < -0.3 is 0 Å². The van der Waals surface area contributed by atoms with Gasteiger partial charge in [-0.05, 0) is 0 Å². The predicted molar refractivity (Wildman–Crippen MR) is 66.8 cm³/mol. The first-order valence-corrected chi connectivity index (χ1v) is 5.60. The van der Waals surface area contributed by atoms with Crippen LogP contribution in [0.3, 0.4) is 0 Å². The second-order valence-electron chi connectivity index (χ2n) is 4.29. The van der Waals surface area contributed by atoms with Gasteiger partial charge in [-0.1, -0.05) is 44.2 Å². The van der Waals surface area contributed by atoms with Crippen molar-refractivity contribution in [3.63, 3.8) is 0 Å². The summed E-state index contributed by atoms with van der Waals surface area (Å²) in [6.45, 7) is 3.98. The molecule has 2 aromatic rings. The molecule has 0 aliphatic carbocycles. The highest BCUT2D eigenvalue weighted by molar-refractivity contribution is 5.57. The minimum absolute atomic E-state index is 0.102. The van der Waals surface area contributed by atoms with Gasteiger partial charge in [0.25, 0.3) is 5.56 Å². The normalized spacial score (nSPS) is 10.8. The molecule has 0 saturated carbocycles. The molecule has 0 aliphatic rings. The first-order chi connectivity index (χ1) is 8.11. The number of nitrogens with zero attached hydrogens (tertiary/aromatic N) is 3. The molecule has 0 aliphatic heterocycles. The van der Waals surface area contributed by atoms with Gasteiger partial charge in [0, 0.05) is 18.5 Å². The highest BCUT2D eigenvalue weighted by Crippen LogP contribution is 2.13. The second-order valence-corrected chi connectivity index (χ2v) is 4.29. The van der Waals surface area contributed by atoms with E-state index in [4.69, 9.17) is 0 Å². The maximum absolute atomic E-state index is 12.2. The van der Waals surface area contributed by atoms with E-state index >= 15 is 0 Å². The lowest BCUT2D eigenvalue weighted by Crippen LogP contribution is -2.26. The van der Waals surface area contributed by atoms with Gasteiger partial charge in [0.1, 0.15) is 5.82 Å². The van der Waals surface area contributed by atoms with Crippen molar-refractivity contribution in [1.29, 1.82) is 0 Å². The Bertz CT molecular complexity index is 573. The van der Waals surface area contributed by atoms with Crippen molar-refractivity contribution < 1.29 is 0 Å². The molecular formula is C13H15N3O. The Morgan fingerprint density at radius 1 is 1.12 bits per heavy atom. The van der Waals surface area contributed by atoms with Gasteiger partial charge in [0.15, 0.2) is 5.69 Å². The van der Waals surface area contributed by atoms with E-state index in [9.17, 15) is 4.79 Å². The van der Waals surface area contributed by atoms with Crippen LogP contribution in [0.15, 0.2) is 35.1 Å². The topological polar surface area (TPSA) is 47.8 Å². The lowest BCUT2D eigenvalue weighted by Gasteiger charge is -2.10. The van der Waals surface area contributed by atoms with Gasteiger partial charge >= 0.3 is 0 Å². The van der Waals surface area contributed by atoms with E-state index in [-0.39, 0.29) is 11.5 Å². The smallest absolute Gasteiger partial charge is 0.280 e. The number of hydrogen-bond acceptors (Lipinski definition) is 3. The Hall–Kier alpha value is -1.97. The van der Waals surface area contributed by atoms with Crippen LogP contribution in [0.25, 0.3) is 11.3 Å². The summed E-state index contributed by atoms with van der Waals surface area (Å²) in [6.07, 6.45) is 0. The van der Waals surface area contributed by atoms with Gasteiger partial charge in [-0.3, -0.25) is 9.36 Å². The molecule has 4 heteroatoms. The molecule has 0 saturated heterocycles. The molecule has 4 nitrogen and oxygen atoms in total. The SMILES string of the molecule is CC(C)c1nnc(-c2ccccc2)c(=O)n1C. The summed E-state index contributed by atoms with van der Waals surface area (Å²) in [6, 6.07) is 9.39. The van der Waals surface area contributed by atoms with Gasteiger partial charge in [-0.15, -0.1) is 10.2 Å². The number of aromatic nitrogens is 3. The van der Waals surface area contributed by atoms with Crippen molar-refractivity contribution >= 4 is 0 Å². The molecule has 2 rings (SSSR count). The van der Waals surface area contributed by atoms with Crippen molar-refractivity contribution in [2.45, 2.75) is 19.8 Å². The fourth-order valence-electron chi connectivity index (χ4n) is 1.75. The van der Waals surface area contributed by atoms with Gasteiger partial charge in [-0.2, -0.15) is 0 Å². The fraction of sp³-hybridized carbons (Fsp3) is 0.308. The lowest BCUT2D eigenvalue weighted by atomic mass is 10.1. The summed E-state index contributed by atoms with van der Waals surface area (Å²) in [5, 5.41) is 8.18. The van der Waals surface area contributed by atoms with Crippen LogP contribution in [0.5, 0.6) is 0 Å². The van der Waals surface area contributed by atoms with Crippen molar-refractivity contribution in [2.75, 3.05) is 0 Å². The summed E-state index contributed by atoms with van der Waals surface area (Å²) < 4.78 is 1.57. The Kier molecular flexibility index (Phi) is 3.04. The summed E-state index contributed by atoms with van der Waals surface area (Å²) in [4.78, 5) is 12.2. The molecule has 88 valence electrons. The Labute approximate surface area is 99.9 Å². The molecular weight excluding hydrogens is 214 g/mol. The predicted octanol–water partition coefficient (Wildman–Crippen LogP) is 1.97. The third-order valence-electron chi connectivity index (χ3n) is 2.67. The van der Waals surface area contributed by atoms with Crippen molar-refractivity contribution in [3.8, 4) is 11.3 Å². The van der Waals surface area contributed by atoms with Gasteiger partial charge in [-0.25, -0.2) is 0 Å². The van der Waals surface area contributed by atoms with E-state index in [1.54, 1.807) is 11.6 Å². The van der Waals surface area contributed by atoms with E-state index in [2.05, 4.69) is 10.2 Å². The van der Waals surface area contributed by atoms with Crippen LogP contribution in [0, 0.1) is 0 Å². The molecule has 0 unspecified atom stereocenters. The van der Waals surface area contributed by atoms with E-state index in [1.807, 2.05) is 44.2 Å². The van der Waals surface area contributed by atoms with Crippen LogP contribution in [-0.2, 0) is 7.05 Å². The quantitative estimate of drug-likeness (QED) is 0.791. The molecule has 0 atom stereocenters. The monoisotopic (exact) mass is 229 g/mol. The van der Waals surface area contributed by atoms with Crippen LogP contribution in [0.2, 0.25) is 0 Å². The van der Waals surface area contributed by atoms with Gasteiger partial charge in [0.05, 0.1) is 0 Å². The molecule has 0 N–H and O–H groups in total. The molecule has 0 bridgehead atoms. The molecule has 1 heterocycles.